The Balaban J connectivity index is 1.80. The summed E-state index contributed by atoms with van der Waals surface area (Å²) in [7, 11) is 0. The summed E-state index contributed by atoms with van der Waals surface area (Å²) in [4.78, 5) is 7.62. The van der Waals surface area contributed by atoms with Crippen LogP contribution in [-0.4, -0.2) is 9.97 Å². The highest BCUT2D eigenvalue weighted by atomic mass is 15.0. The fourth-order valence-electron chi connectivity index (χ4n) is 3.03. The molecule has 100 valence electrons. The van der Waals surface area contributed by atoms with Gasteiger partial charge in [0.2, 0.25) is 0 Å². The minimum Gasteiger partial charge on any atom is -0.347 e. The molecule has 2 N–H and O–H groups in total. The second-order valence-electron chi connectivity index (χ2n) is 5.25. The summed E-state index contributed by atoms with van der Waals surface area (Å²) in [5, 5.41) is 3.77. The van der Waals surface area contributed by atoms with E-state index in [1.807, 2.05) is 12.4 Å². The molecule has 3 nitrogen and oxygen atoms in total. The fourth-order valence-corrected chi connectivity index (χ4v) is 3.03. The summed E-state index contributed by atoms with van der Waals surface area (Å²) in [5.74, 6) is 1.05. The molecule has 0 radical (unpaired) electrons. The lowest BCUT2D eigenvalue weighted by Gasteiger charge is -2.29. The summed E-state index contributed by atoms with van der Waals surface area (Å²) in [6.45, 7) is 2.20. The summed E-state index contributed by atoms with van der Waals surface area (Å²) < 4.78 is 0. The van der Waals surface area contributed by atoms with E-state index in [1.54, 1.807) is 0 Å². The van der Waals surface area contributed by atoms with Gasteiger partial charge < -0.3 is 10.3 Å². The van der Waals surface area contributed by atoms with Crippen LogP contribution >= 0.6 is 0 Å². The number of H-pyrrole nitrogens is 1. The van der Waals surface area contributed by atoms with Gasteiger partial charge in [0.1, 0.15) is 5.82 Å². The fraction of sp³-hybridized carbons (Fsp3) is 0.438. The van der Waals surface area contributed by atoms with Crippen molar-refractivity contribution < 1.29 is 0 Å². The lowest BCUT2D eigenvalue weighted by Crippen LogP contribution is -2.29. The zero-order chi connectivity index (χ0) is 13.1. The summed E-state index contributed by atoms with van der Waals surface area (Å²) in [5.41, 5.74) is 2.97. The number of aryl methyl sites for hydroxylation is 1. The molecule has 0 saturated carbocycles. The van der Waals surface area contributed by atoms with Crippen molar-refractivity contribution in [3.8, 4) is 0 Å². The second-order valence-corrected chi connectivity index (χ2v) is 5.25. The lowest BCUT2D eigenvalue weighted by atomic mass is 9.87. The van der Waals surface area contributed by atoms with Gasteiger partial charge in [-0.25, -0.2) is 4.98 Å². The van der Waals surface area contributed by atoms with Gasteiger partial charge in [-0.05, 0) is 36.8 Å². The van der Waals surface area contributed by atoms with Gasteiger partial charge in [-0.2, -0.15) is 0 Å². The summed E-state index contributed by atoms with van der Waals surface area (Å²) in [6.07, 6.45) is 8.47. The van der Waals surface area contributed by atoms with E-state index < -0.39 is 0 Å². The molecule has 3 heteroatoms. The van der Waals surface area contributed by atoms with Crippen LogP contribution < -0.4 is 5.32 Å². The van der Waals surface area contributed by atoms with Crippen LogP contribution in [-0.2, 0) is 6.42 Å². The van der Waals surface area contributed by atoms with E-state index in [0.29, 0.717) is 12.1 Å². The predicted molar refractivity (Wildman–Crippen MR) is 76.9 cm³/mol. The molecule has 2 atom stereocenters. The van der Waals surface area contributed by atoms with Crippen LogP contribution in [0.1, 0.15) is 55.2 Å². The Morgan fingerprint density at radius 1 is 1.42 bits per heavy atom. The van der Waals surface area contributed by atoms with Crippen LogP contribution in [0.15, 0.2) is 36.7 Å². The molecule has 19 heavy (non-hydrogen) atoms. The van der Waals surface area contributed by atoms with Gasteiger partial charge in [-0.3, -0.25) is 0 Å². The second kappa shape index (κ2) is 5.57. The van der Waals surface area contributed by atoms with Crippen molar-refractivity contribution in [2.45, 2.75) is 44.7 Å². The highest BCUT2D eigenvalue weighted by molar-refractivity contribution is 5.32. The van der Waals surface area contributed by atoms with E-state index in [0.717, 1.165) is 12.2 Å². The minimum absolute atomic E-state index is 0.311. The standard InChI is InChI=1S/C16H21N3/c1-2-14(16-17-10-11-18-16)19-15-9-5-7-12-6-3-4-8-13(12)15/h3-4,6,8,10-11,14-15,19H,2,5,7,9H2,1H3,(H,17,18). The first kappa shape index (κ1) is 12.4. The number of nitrogens with zero attached hydrogens (tertiary/aromatic N) is 1. The molecule has 1 aliphatic rings. The molecule has 0 amide bonds. The van der Waals surface area contributed by atoms with Gasteiger partial charge in [-0.1, -0.05) is 31.2 Å². The Labute approximate surface area is 114 Å². The van der Waals surface area contributed by atoms with E-state index in [2.05, 4.69) is 46.5 Å². The first-order valence-electron chi connectivity index (χ1n) is 7.21. The Morgan fingerprint density at radius 2 is 2.32 bits per heavy atom. The van der Waals surface area contributed by atoms with Crippen molar-refractivity contribution in [1.82, 2.24) is 15.3 Å². The summed E-state index contributed by atoms with van der Waals surface area (Å²) >= 11 is 0. The van der Waals surface area contributed by atoms with Crippen LogP contribution in [0.2, 0.25) is 0 Å². The predicted octanol–water partition coefficient (Wildman–Crippen LogP) is 3.53. The largest absolute Gasteiger partial charge is 0.347 e. The Bertz CT molecular complexity index is 519. The lowest BCUT2D eigenvalue weighted by molar-refractivity contribution is 0.384. The van der Waals surface area contributed by atoms with Gasteiger partial charge in [0.15, 0.2) is 0 Å². The van der Waals surface area contributed by atoms with Gasteiger partial charge >= 0.3 is 0 Å². The highest BCUT2D eigenvalue weighted by Gasteiger charge is 2.23. The molecule has 1 aliphatic carbocycles. The van der Waals surface area contributed by atoms with Gasteiger partial charge in [-0.15, -0.1) is 0 Å². The molecular weight excluding hydrogens is 234 g/mol. The Hall–Kier alpha value is -1.61. The molecule has 0 aliphatic heterocycles. The average molecular weight is 255 g/mol. The number of aromatic nitrogens is 2. The van der Waals surface area contributed by atoms with Crippen molar-refractivity contribution in [3.05, 3.63) is 53.6 Å². The summed E-state index contributed by atoms with van der Waals surface area (Å²) in [6, 6.07) is 9.58. The minimum atomic E-state index is 0.311. The Morgan fingerprint density at radius 3 is 3.11 bits per heavy atom. The zero-order valence-corrected chi connectivity index (χ0v) is 11.4. The smallest absolute Gasteiger partial charge is 0.123 e. The van der Waals surface area contributed by atoms with E-state index in [4.69, 9.17) is 0 Å². The Kier molecular flexibility index (Phi) is 3.65. The highest BCUT2D eigenvalue weighted by Crippen LogP contribution is 2.31. The molecule has 1 aromatic carbocycles. The molecule has 0 saturated heterocycles. The first-order chi connectivity index (χ1) is 9.38. The van der Waals surface area contributed by atoms with Crippen molar-refractivity contribution in [2.75, 3.05) is 0 Å². The molecule has 0 bridgehead atoms. The molecule has 1 aromatic heterocycles. The van der Waals surface area contributed by atoms with Gasteiger partial charge in [0.25, 0.3) is 0 Å². The van der Waals surface area contributed by atoms with E-state index >= 15 is 0 Å². The topological polar surface area (TPSA) is 40.7 Å². The molecule has 1 heterocycles. The van der Waals surface area contributed by atoms with E-state index in [9.17, 15) is 0 Å². The van der Waals surface area contributed by atoms with E-state index in [-0.39, 0.29) is 0 Å². The molecule has 2 aromatic rings. The number of rotatable bonds is 4. The number of benzene rings is 1. The maximum Gasteiger partial charge on any atom is 0.123 e. The molecule has 0 fully saturated rings. The van der Waals surface area contributed by atoms with Gasteiger partial charge in [0, 0.05) is 18.4 Å². The number of hydrogen-bond donors (Lipinski definition) is 2. The zero-order valence-electron chi connectivity index (χ0n) is 11.4. The number of fused-ring (bicyclic) bond motifs is 1. The van der Waals surface area contributed by atoms with Crippen molar-refractivity contribution >= 4 is 0 Å². The SMILES string of the molecule is CCC(NC1CCCc2ccccc21)c1ncc[nH]1. The normalized spacial score (nSPS) is 19.9. The monoisotopic (exact) mass is 255 g/mol. The molecular formula is C16H21N3. The van der Waals surface area contributed by atoms with Crippen molar-refractivity contribution in [1.29, 1.82) is 0 Å². The number of aromatic amines is 1. The quantitative estimate of drug-likeness (QED) is 0.877. The van der Waals surface area contributed by atoms with Crippen LogP contribution in [0.3, 0.4) is 0 Å². The third-order valence-electron chi connectivity index (χ3n) is 4.03. The third kappa shape index (κ3) is 2.56. The van der Waals surface area contributed by atoms with Crippen LogP contribution in [0.4, 0.5) is 0 Å². The van der Waals surface area contributed by atoms with Crippen molar-refractivity contribution in [3.63, 3.8) is 0 Å². The molecule has 0 spiro atoms. The van der Waals surface area contributed by atoms with Crippen LogP contribution in [0.25, 0.3) is 0 Å². The number of nitrogens with one attached hydrogen (secondary N) is 2. The third-order valence-corrected chi connectivity index (χ3v) is 4.03. The average Bonchev–Trinajstić information content (AvgIpc) is 2.99. The van der Waals surface area contributed by atoms with E-state index in [1.165, 1.54) is 30.4 Å². The van der Waals surface area contributed by atoms with Gasteiger partial charge in [0.05, 0.1) is 6.04 Å². The van der Waals surface area contributed by atoms with Crippen LogP contribution in [0.5, 0.6) is 0 Å². The first-order valence-corrected chi connectivity index (χ1v) is 7.21. The molecule has 3 rings (SSSR count). The molecule has 2 unspecified atom stereocenters. The number of imidazole rings is 1. The maximum absolute atomic E-state index is 4.39. The van der Waals surface area contributed by atoms with Crippen LogP contribution in [0, 0.1) is 0 Å². The number of hydrogen-bond acceptors (Lipinski definition) is 2. The van der Waals surface area contributed by atoms with Crippen molar-refractivity contribution in [2.24, 2.45) is 0 Å². The maximum atomic E-state index is 4.39.